The van der Waals surface area contributed by atoms with E-state index < -0.39 is 6.09 Å². The van der Waals surface area contributed by atoms with Crippen LogP contribution in [0.15, 0.2) is 48.7 Å². The summed E-state index contributed by atoms with van der Waals surface area (Å²) in [6.07, 6.45) is 2.77. The van der Waals surface area contributed by atoms with Gasteiger partial charge in [0.15, 0.2) is 0 Å². The molecule has 1 aliphatic heterocycles. The van der Waals surface area contributed by atoms with Crippen LogP contribution in [0.2, 0.25) is 0 Å². The molecule has 1 aliphatic rings. The molecule has 25 heavy (non-hydrogen) atoms. The van der Waals surface area contributed by atoms with Crippen molar-refractivity contribution >= 4 is 11.9 Å². The second-order valence-electron chi connectivity index (χ2n) is 6.18. The lowest BCUT2D eigenvalue weighted by Crippen LogP contribution is -2.38. The van der Waals surface area contributed by atoms with Crippen molar-refractivity contribution in [3.05, 3.63) is 59.8 Å². The van der Waals surface area contributed by atoms with E-state index in [9.17, 15) is 9.90 Å². The van der Waals surface area contributed by atoms with Crippen LogP contribution < -0.4 is 10.2 Å². The van der Waals surface area contributed by atoms with Gasteiger partial charge in [-0.15, -0.1) is 0 Å². The Hall–Kier alpha value is -2.60. The fraction of sp³-hybridized carbons (Fsp3) is 0.368. The van der Waals surface area contributed by atoms with Crippen LogP contribution in [-0.4, -0.2) is 35.4 Å². The molecular weight excluding hydrogens is 318 g/mol. The summed E-state index contributed by atoms with van der Waals surface area (Å²) in [6.45, 7) is 2.11. The number of aliphatic hydroxyl groups is 1. The van der Waals surface area contributed by atoms with Crippen LogP contribution in [-0.2, 0) is 17.9 Å². The molecule has 3 rings (SSSR count). The number of carbonyl (C=O) groups is 1. The standard InChI is InChI=1S/C19H23N3O3/c23-17-7-4-10-22(13-17)18-11-16(8-9-20-18)12-21-19(24)25-14-15-5-2-1-3-6-15/h1-3,5-6,8-9,11,17,23H,4,7,10,12-14H2,(H,21,24). The quantitative estimate of drug-likeness (QED) is 0.874. The third kappa shape index (κ3) is 5.19. The van der Waals surface area contributed by atoms with Gasteiger partial charge in [0.2, 0.25) is 0 Å². The van der Waals surface area contributed by atoms with E-state index in [0.29, 0.717) is 13.1 Å². The van der Waals surface area contributed by atoms with E-state index in [4.69, 9.17) is 4.74 Å². The number of alkyl carbamates (subject to hydrolysis) is 1. The summed E-state index contributed by atoms with van der Waals surface area (Å²) < 4.78 is 5.20. The number of pyridine rings is 1. The van der Waals surface area contributed by atoms with Crippen molar-refractivity contribution in [2.45, 2.75) is 32.1 Å². The number of piperidine rings is 1. The van der Waals surface area contributed by atoms with E-state index in [2.05, 4.69) is 15.2 Å². The minimum absolute atomic E-state index is 0.250. The van der Waals surface area contributed by atoms with Gasteiger partial charge in [0.05, 0.1) is 6.10 Å². The monoisotopic (exact) mass is 341 g/mol. The van der Waals surface area contributed by atoms with Gasteiger partial charge in [-0.1, -0.05) is 30.3 Å². The second-order valence-corrected chi connectivity index (χ2v) is 6.18. The number of nitrogens with zero attached hydrogens (tertiary/aromatic N) is 2. The SMILES string of the molecule is O=C(NCc1ccnc(N2CCCC(O)C2)c1)OCc1ccccc1. The summed E-state index contributed by atoms with van der Waals surface area (Å²) in [5.74, 6) is 0.829. The number of anilines is 1. The average molecular weight is 341 g/mol. The molecule has 6 heteroatoms. The van der Waals surface area contributed by atoms with E-state index >= 15 is 0 Å². The summed E-state index contributed by atoms with van der Waals surface area (Å²) in [4.78, 5) is 18.3. The normalized spacial score (nSPS) is 17.2. The van der Waals surface area contributed by atoms with Crippen LogP contribution in [0.1, 0.15) is 24.0 Å². The number of aliphatic hydroxyl groups excluding tert-OH is 1. The van der Waals surface area contributed by atoms with Crippen molar-refractivity contribution in [1.29, 1.82) is 0 Å². The van der Waals surface area contributed by atoms with Crippen molar-refractivity contribution in [3.63, 3.8) is 0 Å². The van der Waals surface area contributed by atoms with Gasteiger partial charge in [-0.05, 0) is 36.1 Å². The number of amides is 1. The fourth-order valence-corrected chi connectivity index (χ4v) is 2.85. The molecule has 1 aromatic carbocycles. The highest BCUT2D eigenvalue weighted by atomic mass is 16.5. The molecule has 132 valence electrons. The molecule has 0 saturated carbocycles. The molecule has 1 saturated heterocycles. The van der Waals surface area contributed by atoms with Crippen LogP contribution in [0, 0.1) is 0 Å². The van der Waals surface area contributed by atoms with E-state index in [-0.39, 0.29) is 12.7 Å². The van der Waals surface area contributed by atoms with Gasteiger partial charge in [0.1, 0.15) is 12.4 Å². The van der Waals surface area contributed by atoms with Crippen molar-refractivity contribution in [1.82, 2.24) is 10.3 Å². The Kier molecular flexibility index (Phi) is 5.85. The fourth-order valence-electron chi connectivity index (χ4n) is 2.85. The maximum atomic E-state index is 11.8. The lowest BCUT2D eigenvalue weighted by atomic mass is 10.1. The van der Waals surface area contributed by atoms with Gasteiger partial charge in [-0.2, -0.15) is 0 Å². The number of hydrogen-bond donors (Lipinski definition) is 2. The molecule has 1 atom stereocenters. The van der Waals surface area contributed by atoms with Crippen molar-refractivity contribution in [2.75, 3.05) is 18.0 Å². The molecule has 2 heterocycles. The first kappa shape index (κ1) is 17.2. The van der Waals surface area contributed by atoms with Gasteiger partial charge in [-0.3, -0.25) is 0 Å². The Balaban J connectivity index is 1.49. The zero-order chi connectivity index (χ0) is 17.5. The molecule has 1 unspecified atom stereocenters. The Labute approximate surface area is 147 Å². The van der Waals surface area contributed by atoms with Gasteiger partial charge < -0.3 is 20.1 Å². The maximum absolute atomic E-state index is 11.8. The summed E-state index contributed by atoms with van der Waals surface area (Å²) in [5, 5.41) is 12.5. The summed E-state index contributed by atoms with van der Waals surface area (Å²) in [7, 11) is 0. The van der Waals surface area contributed by atoms with Crippen molar-refractivity contribution in [2.24, 2.45) is 0 Å². The highest BCUT2D eigenvalue weighted by Crippen LogP contribution is 2.18. The zero-order valence-corrected chi connectivity index (χ0v) is 14.1. The minimum atomic E-state index is -0.449. The number of benzene rings is 1. The van der Waals surface area contributed by atoms with Crippen molar-refractivity contribution < 1.29 is 14.6 Å². The van der Waals surface area contributed by atoms with E-state index in [0.717, 1.165) is 36.3 Å². The largest absolute Gasteiger partial charge is 0.445 e. The van der Waals surface area contributed by atoms with Crippen LogP contribution in [0.25, 0.3) is 0 Å². The summed E-state index contributed by atoms with van der Waals surface area (Å²) in [5.41, 5.74) is 1.90. The van der Waals surface area contributed by atoms with Gasteiger partial charge in [-0.25, -0.2) is 9.78 Å². The number of aromatic nitrogens is 1. The predicted molar refractivity (Wildman–Crippen MR) is 95.2 cm³/mol. The molecule has 0 bridgehead atoms. The average Bonchev–Trinajstić information content (AvgIpc) is 2.66. The molecule has 0 spiro atoms. The maximum Gasteiger partial charge on any atom is 0.407 e. The highest BCUT2D eigenvalue weighted by molar-refractivity contribution is 5.67. The molecular formula is C19H23N3O3. The molecule has 6 nitrogen and oxygen atoms in total. The van der Waals surface area contributed by atoms with Crippen LogP contribution in [0.3, 0.4) is 0 Å². The summed E-state index contributed by atoms with van der Waals surface area (Å²) >= 11 is 0. The Morgan fingerprint density at radius 3 is 2.92 bits per heavy atom. The topological polar surface area (TPSA) is 74.7 Å². The predicted octanol–water partition coefficient (Wildman–Crippen LogP) is 2.47. The lowest BCUT2D eigenvalue weighted by molar-refractivity contribution is 0.139. The third-order valence-corrected chi connectivity index (χ3v) is 4.18. The lowest BCUT2D eigenvalue weighted by Gasteiger charge is -2.31. The van der Waals surface area contributed by atoms with Crippen molar-refractivity contribution in [3.8, 4) is 0 Å². The van der Waals surface area contributed by atoms with Gasteiger partial charge >= 0.3 is 6.09 Å². The summed E-state index contributed by atoms with van der Waals surface area (Å²) in [6, 6.07) is 13.4. The molecule has 2 N–H and O–H groups in total. The van der Waals surface area contributed by atoms with Crippen LogP contribution >= 0.6 is 0 Å². The number of ether oxygens (including phenoxy) is 1. The van der Waals surface area contributed by atoms with Gasteiger partial charge in [0, 0.05) is 25.8 Å². The van der Waals surface area contributed by atoms with Crippen LogP contribution in [0.5, 0.6) is 0 Å². The van der Waals surface area contributed by atoms with E-state index in [1.807, 2.05) is 42.5 Å². The first-order chi connectivity index (χ1) is 12.2. The third-order valence-electron chi connectivity index (χ3n) is 4.18. The Morgan fingerprint density at radius 1 is 1.28 bits per heavy atom. The number of β-amino-alcohol motifs (C(OH)–C–C–N with tert-alkyl or cyclic N) is 1. The van der Waals surface area contributed by atoms with Gasteiger partial charge in [0.25, 0.3) is 0 Å². The van der Waals surface area contributed by atoms with Crippen LogP contribution in [0.4, 0.5) is 10.6 Å². The molecule has 1 amide bonds. The molecule has 0 radical (unpaired) electrons. The minimum Gasteiger partial charge on any atom is -0.445 e. The smallest absolute Gasteiger partial charge is 0.407 e. The number of hydrogen-bond acceptors (Lipinski definition) is 5. The highest BCUT2D eigenvalue weighted by Gasteiger charge is 2.18. The Bertz CT molecular complexity index is 693. The molecule has 0 aliphatic carbocycles. The molecule has 1 fully saturated rings. The number of nitrogens with one attached hydrogen (secondary N) is 1. The number of rotatable bonds is 5. The van der Waals surface area contributed by atoms with E-state index in [1.165, 1.54) is 0 Å². The first-order valence-corrected chi connectivity index (χ1v) is 8.53. The zero-order valence-electron chi connectivity index (χ0n) is 14.1. The molecule has 2 aromatic rings. The van der Waals surface area contributed by atoms with E-state index in [1.54, 1.807) is 6.20 Å². The first-order valence-electron chi connectivity index (χ1n) is 8.53. The second kappa shape index (κ2) is 8.48. The number of carbonyl (C=O) groups excluding carboxylic acids is 1. The Morgan fingerprint density at radius 2 is 2.12 bits per heavy atom. The molecule has 1 aromatic heterocycles.